The van der Waals surface area contributed by atoms with E-state index in [4.69, 9.17) is 0 Å². The quantitative estimate of drug-likeness (QED) is 0.810. The molecule has 1 saturated heterocycles. The van der Waals surface area contributed by atoms with Crippen molar-refractivity contribution < 1.29 is 18.0 Å². The van der Waals surface area contributed by atoms with E-state index in [2.05, 4.69) is 15.1 Å². The number of aromatic nitrogens is 2. The Kier molecular flexibility index (Phi) is 4.65. The van der Waals surface area contributed by atoms with Gasteiger partial charge in [0.15, 0.2) is 5.69 Å². The summed E-state index contributed by atoms with van der Waals surface area (Å²) in [6.45, 7) is 2.88. The Labute approximate surface area is 173 Å². The van der Waals surface area contributed by atoms with Gasteiger partial charge in [0.1, 0.15) is 0 Å². The molecule has 1 amide bonds. The van der Waals surface area contributed by atoms with Crippen molar-refractivity contribution in [2.24, 2.45) is 11.8 Å². The molecule has 1 aromatic heterocycles. The predicted octanol–water partition coefficient (Wildman–Crippen LogP) is 3.68. The summed E-state index contributed by atoms with van der Waals surface area (Å²) < 4.78 is 40.2. The summed E-state index contributed by atoms with van der Waals surface area (Å²) in [5.74, 6) is 0.365. The number of benzene rings is 1. The molecule has 3 atom stereocenters. The highest BCUT2D eigenvalue weighted by Crippen LogP contribution is 2.49. The van der Waals surface area contributed by atoms with Gasteiger partial charge in [0, 0.05) is 31.7 Å². The van der Waals surface area contributed by atoms with Crippen LogP contribution in [0.2, 0.25) is 0 Å². The van der Waals surface area contributed by atoms with Crippen molar-refractivity contribution in [3.05, 3.63) is 52.3 Å². The summed E-state index contributed by atoms with van der Waals surface area (Å²) in [4.78, 5) is 17.2. The number of hydrogen-bond acceptors (Lipinski definition) is 3. The number of likely N-dealkylation sites (N-methyl/N-ethyl adjacent to an activating group) is 1. The molecule has 1 saturated carbocycles. The Morgan fingerprint density at radius 3 is 2.57 bits per heavy atom. The second-order valence-corrected chi connectivity index (χ2v) is 9.00. The molecule has 1 N–H and O–H groups in total. The molecule has 0 radical (unpaired) electrons. The Morgan fingerprint density at radius 1 is 1.17 bits per heavy atom. The third kappa shape index (κ3) is 3.31. The minimum absolute atomic E-state index is 0.0429. The van der Waals surface area contributed by atoms with Crippen LogP contribution in [-0.2, 0) is 19.1 Å². The number of carbonyl (C=O) groups excluding carboxylic acids is 1. The highest BCUT2D eigenvalue weighted by atomic mass is 19.4. The Morgan fingerprint density at radius 2 is 1.87 bits per heavy atom. The standard InChI is InChI=1S/C22H25F3N4O/c1-28-7-6-17-19(12-28)26-27-20(17)21(30)29-10-14-8-13(9-15(14)11-29)16-4-2-3-5-18(16)22(23,24)25/h2-5,13-15H,6-12H2,1H3,(H,26,27)/t13-,14-,15+. The summed E-state index contributed by atoms with van der Waals surface area (Å²) >= 11 is 0. The van der Waals surface area contributed by atoms with Crippen LogP contribution in [0.1, 0.15) is 51.6 Å². The van der Waals surface area contributed by atoms with Gasteiger partial charge in [-0.2, -0.15) is 18.3 Å². The van der Waals surface area contributed by atoms with Gasteiger partial charge in [0.25, 0.3) is 5.91 Å². The highest BCUT2D eigenvalue weighted by molar-refractivity contribution is 5.94. The van der Waals surface area contributed by atoms with Crippen LogP contribution in [0.3, 0.4) is 0 Å². The average Bonchev–Trinajstić information content (AvgIpc) is 3.39. The second-order valence-electron chi connectivity index (χ2n) is 9.00. The smallest absolute Gasteiger partial charge is 0.337 e. The highest BCUT2D eigenvalue weighted by Gasteiger charge is 2.45. The Bertz CT molecular complexity index is 956. The first-order valence-corrected chi connectivity index (χ1v) is 10.5. The molecule has 5 nitrogen and oxygen atoms in total. The number of halogens is 3. The van der Waals surface area contributed by atoms with Crippen LogP contribution in [0.25, 0.3) is 0 Å². The first-order valence-electron chi connectivity index (χ1n) is 10.5. The number of hydrogen-bond donors (Lipinski definition) is 1. The molecule has 2 aliphatic heterocycles. The topological polar surface area (TPSA) is 52.2 Å². The van der Waals surface area contributed by atoms with E-state index in [9.17, 15) is 18.0 Å². The van der Waals surface area contributed by atoms with Gasteiger partial charge in [0.2, 0.25) is 0 Å². The third-order valence-corrected chi connectivity index (χ3v) is 7.07. The fourth-order valence-corrected chi connectivity index (χ4v) is 5.61. The molecule has 8 heteroatoms. The number of nitrogens with one attached hydrogen (secondary N) is 1. The van der Waals surface area contributed by atoms with Gasteiger partial charge >= 0.3 is 6.18 Å². The monoisotopic (exact) mass is 418 g/mol. The van der Waals surface area contributed by atoms with E-state index < -0.39 is 11.7 Å². The summed E-state index contributed by atoms with van der Waals surface area (Å²) in [6, 6.07) is 5.93. The zero-order valence-electron chi connectivity index (χ0n) is 16.9. The number of aromatic amines is 1. The van der Waals surface area contributed by atoms with Gasteiger partial charge in [-0.3, -0.25) is 9.89 Å². The number of likely N-dealkylation sites (tertiary alicyclic amines) is 1. The second kappa shape index (κ2) is 7.11. The van der Waals surface area contributed by atoms with Crippen molar-refractivity contribution in [2.45, 2.75) is 37.9 Å². The molecule has 3 heterocycles. The largest absolute Gasteiger partial charge is 0.416 e. The summed E-state index contributed by atoms with van der Waals surface area (Å²) in [6.07, 6.45) is -2.13. The van der Waals surface area contributed by atoms with Gasteiger partial charge in [-0.1, -0.05) is 18.2 Å². The Balaban J connectivity index is 1.29. The van der Waals surface area contributed by atoms with Crippen LogP contribution in [0.4, 0.5) is 13.2 Å². The van der Waals surface area contributed by atoms with E-state index in [-0.39, 0.29) is 23.7 Å². The molecular formula is C22H25F3N4O. The maximum atomic E-state index is 13.4. The van der Waals surface area contributed by atoms with E-state index in [1.807, 2.05) is 11.9 Å². The van der Waals surface area contributed by atoms with Gasteiger partial charge in [-0.15, -0.1) is 0 Å². The number of nitrogens with zero attached hydrogens (tertiary/aromatic N) is 3. The molecule has 1 aromatic carbocycles. The minimum Gasteiger partial charge on any atom is -0.337 e. The molecule has 1 aliphatic carbocycles. The predicted molar refractivity (Wildman–Crippen MR) is 105 cm³/mol. The van der Waals surface area contributed by atoms with Gasteiger partial charge in [-0.25, -0.2) is 0 Å². The van der Waals surface area contributed by atoms with E-state index in [1.54, 1.807) is 12.1 Å². The van der Waals surface area contributed by atoms with Gasteiger partial charge in [0.05, 0.1) is 11.3 Å². The zero-order valence-corrected chi connectivity index (χ0v) is 16.9. The average molecular weight is 418 g/mol. The summed E-state index contributed by atoms with van der Waals surface area (Å²) in [5.41, 5.74) is 2.44. The maximum absolute atomic E-state index is 13.4. The lowest BCUT2D eigenvalue weighted by Gasteiger charge is -2.23. The third-order valence-electron chi connectivity index (χ3n) is 7.07. The first-order chi connectivity index (χ1) is 14.3. The maximum Gasteiger partial charge on any atom is 0.416 e. The fraction of sp³-hybridized carbons (Fsp3) is 0.545. The summed E-state index contributed by atoms with van der Waals surface area (Å²) in [7, 11) is 2.04. The van der Waals surface area contributed by atoms with Crippen molar-refractivity contribution in [1.82, 2.24) is 20.0 Å². The van der Waals surface area contributed by atoms with Crippen molar-refractivity contribution in [3.63, 3.8) is 0 Å². The molecule has 0 unspecified atom stereocenters. The van der Waals surface area contributed by atoms with E-state index >= 15 is 0 Å². The first kappa shape index (κ1) is 19.6. The van der Waals surface area contributed by atoms with E-state index in [0.29, 0.717) is 37.2 Å². The lowest BCUT2D eigenvalue weighted by molar-refractivity contribution is -0.138. The summed E-state index contributed by atoms with van der Waals surface area (Å²) in [5, 5.41) is 7.32. The van der Waals surface area contributed by atoms with E-state index in [0.717, 1.165) is 30.8 Å². The molecule has 30 heavy (non-hydrogen) atoms. The molecule has 2 aromatic rings. The van der Waals surface area contributed by atoms with Crippen LogP contribution in [0.5, 0.6) is 0 Å². The van der Waals surface area contributed by atoms with Crippen molar-refractivity contribution in [1.29, 1.82) is 0 Å². The lowest BCUT2D eigenvalue weighted by Crippen LogP contribution is -2.32. The van der Waals surface area contributed by atoms with Crippen molar-refractivity contribution in [3.8, 4) is 0 Å². The molecule has 0 bridgehead atoms. The normalized spacial score (nSPS) is 26.7. The number of alkyl halides is 3. The van der Waals surface area contributed by atoms with Crippen molar-refractivity contribution >= 4 is 5.91 Å². The molecule has 160 valence electrons. The number of H-pyrrole nitrogens is 1. The Hall–Kier alpha value is -2.35. The SMILES string of the molecule is CN1CCc2c(C(=O)N3C[C@H]4C[C@@H](c5ccccc5C(F)(F)F)C[C@H]4C3)n[nH]c2C1. The number of carbonyl (C=O) groups is 1. The number of amides is 1. The van der Waals surface area contributed by atoms with Gasteiger partial charge < -0.3 is 9.80 Å². The van der Waals surface area contributed by atoms with Crippen LogP contribution in [0, 0.1) is 11.8 Å². The molecule has 3 aliphatic rings. The van der Waals surface area contributed by atoms with Crippen LogP contribution >= 0.6 is 0 Å². The molecule has 5 rings (SSSR count). The number of fused-ring (bicyclic) bond motifs is 2. The molecule has 2 fully saturated rings. The van der Waals surface area contributed by atoms with Crippen LogP contribution in [0.15, 0.2) is 24.3 Å². The fourth-order valence-electron chi connectivity index (χ4n) is 5.61. The van der Waals surface area contributed by atoms with Crippen LogP contribution < -0.4 is 0 Å². The minimum atomic E-state index is -4.33. The molecular weight excluding hydrogens is 393 g/mol. The zero-order chi connectivity index (χ0) is 21.0. The molecule has 0 spiro atoms. The van der Waals surface area contributed by atoms with Crippen LogP contribution in [-0.4, -0.2) is 52.6 Å². The van der Waals surface area contributed by atoms with Gasteiger partial charge in [-0.05, 0) is 55.7 Å². The van der Waals surface area contributed by atoms with E-state index in [1.165, 1.54) is 12.1 Å². The van der Waals surface area contributed by atoms with Crippen molar-refractivity contribution in [2.75, 3.05) is 26.7 Å². The lowest BCUT2D eigenvalue weighted by atomic mass is 9.91. The number of rotatable bonds is 2.